The second-order valence-corrected chi connectivity index (χ2v) is 5.75. The molecule has 0 fully saturated rings. The van der Waals surface area contributed by atoms with Gasteiger partial charge in [0.2, 0.25) is 0 Å². The quantitative estimate of drug-likeness (QED) is 0.752. The van der Waals surface area contributed by atoms with E-state index in [0.29, 0.717) is 5.75 Å². The molecule has 1 heterocycles. The monoisotopic (exact) mass is 262 g/mol. The second-order valence-electron chi connectivity index (χ2n) is 3.82. The highest BCUT2D eigenvalue weighted by Gasteiger charge is 2.07. The van der Waals surface area contributed by atoms with Crippen molar-refractivity contribution in [3.05, 3.63) is 57.8 Å². The third kappa shape index (κ3) is 3.45. The van der Waals surface area contributed by atoms with Crippen molar-refractivity contribution >= 4 is 28.9 Å². The molecule has 17 heavy (non-hydrogen) atoms. The molecule has 1 aromatic carbocycles. The minimum atomic E-state index is 0.235. The maximum Gasteiger partial charge on any atom is 0.182 e. The van der Waals surface area contributed by atoms with Crippen LogP contribution in [0.3, 0.4) is 0 Å². The van der Waals surface area contributed by atoms with Gasteiger partial charge in [0.15, 0.2) is 5.78 Å². The first-order chi connectivity index (χ1) is 8.27. The Morgan fingerprint density at radius 2 is 2.06 bits per heavy atom. The lowest BCUT2D eigenvalue weighted by Crippen LogP contribution is -2.00. The summed E-state index contributed by atoms with van der Waals surface area (Å²) in [7, 11) is 0. The third-order valence-electron chi connectivity index (χ3n) is 2.55. The van der Waals surface area contributed by atoms with Crippen molar-refractivity contribution in [3.63, 3.8) is 0 Å². The number of hydrogen-bond acceptors (Lipinski definition) is 3. The van der Waals surface area contributed by atoms with E-state index >= 15 is 0 Å². The molecule has 0 saturated carbocycles. The molecule has 0 aliphatic heterocycles. The van der Waals surface area contributed by atoms with Crippen LogP contribution in [0.4, 0.5) is 0 Å². The molecular weight excluding hydrogens is 248 g/mol. The first-order valence-electron chi connectivity index (χ1n) is 5.46. The topological polar surface area (TPSA) is 17.1 Å². The Labute approximate surface area is 110 Å². The van der Waals surface area contributed by atoms with Crippen LogP contribution in [0.15, 0.2) is 41.8 Å². The highest BCUT2D eigenvalue weighted by molar-refractivity contribution is 7.99. The number of aryl methyl sites for hydroxylation is 1. The highest BCUT2D eigenvalue weighted by atomic mass is 32.2. The van der Waals surface area contributed by atoms with Gasteiger partial charge in [0, 0.05) is 5.75 Å². The van der Waals surface area contributed by atoms with Crippen molar-refractivity contribution in [2.24, 2.45) is 0 Å². The van der Waals surface area contributed by atoms with Gasteiger partial charge in [-0.15, -0.1) is 23.1 Å². The fourth-order valence-electron chi connectivity index (χ4n) is 1.53. The van der Waals surface area contributed by atoms with Gasteiger partial charge in [-0.25, -0.2) is 0 Å². The van der Waals surface area contributed by atoms with Crippen LogP contribution in [0.25, 0.3) is 0 Å². The van der Waals surface area contributed by atoms with Crippen LogP contribution in [0.2, 0.25) is 0 Å². The Kier molecular flexibility index (Phi) is 4.40. The van der Waals surface area contributed by atoms with Gasteiger partial charge in [-0.1, -0.05) is 30.3 Å². The molecule has 0 aliphatic carbocycles. The average molecular weight is 262 g/mol. The summed E-state index contributed by atoms with van der Waals surface area (Å²) < 4.78 is 0. The smallest absolute Gasteiger partial charge is 0.182 e. The first kappa shape index (κ1) is 12.4. The molecule has 0 unspecified atom stereocenters. The molecular formula is C14H14OS2. The molecule has 1 nitrogen and oxygen atoms in total. The van der Waals surface area contributed by atoms with Crippen molar-refractivity contribution < 1.29 is 4.79 Å². The highest BCUT2D eigenvalue weighted by Crippen LogP contribution is 2.18. The molecule has 0 aliphatic rings. The van der Waals surface area contributed by atoms with E-state index in [4.69, 9.17) is 0 Å². The van der Waals surface area contributed by atoms with Gasteiger partial charge in [-0.05, 0) is 29.5 Å². The van der Waals surface area contributed by atoms with Gasteiger partial charge >= 0.3 is 0 Å². The van der Waals surface area contributed by atoms with Gasteiger partial charge in [-0.3, -0.25) is 4.79 Å². The molecule has 3 heteroatoms. The molecule has 0 bridgehead atoms. The minimum absolute atomic E-state index is 0.235. The van der Waals surface area contributed by atoms with Gasteiger partial charge in [0.1, 0.15) is 0 Å². The minimum Gasteiger partial charge on any atom is -0.292 e. The third-order valence-corrected chi connectivity index (χ3v) is 4.44. The number of thiophene rings is 1. The lowest BCUT2D eigenvalue weighted by molar-refractivity contribution is 0.102. The summed E-state index contributed by atoms with van der Waals surface area (Å²) in [6.45, 7) is 2.11. The maximum absolute atomic E-state index is 11.8. The molecule has 2 rings (SSSR count). The maximum atomic E-state index is 11.8. The fourth-order valence-corrected chi connectivity index (χ4v) is 3.28. The molecule has 88 valence electrons. The van der Waals surface area contributed by atoms with E-state index in [2.05, 4.69) is 19.1 Å². The number of carbonyl (C=O) groups is 1. The van der Waals surface area contributed by atoms with E-state index < -0.39 is 0 Å². The summed E-state index contributed by atoms with van der Waals surface area (Å²) in [6.07, 6.45) is 0. The number of benzene rings is 1. The molecule has 1 aromatic heterocycles. The number of carbonyl (C=O) groups excluding carboxylic acids is 1. The van der Waals surface area contributed by atoms with Gasteiger partial charge in [0.05, 0.1) is 10.6 Å². The predicted molar refractivity (Wildman–Crippen MR) is 76.0 cm³/mol. The number of thioether (sulfide) groups is 1. The molecule has 0 saturated heterocycles. The van der Waals surface area contributed by atoms with E-state index in [9.17, 15) is 4.79 Å². The molecule has 0 N–H and O–H groups in total. The Hall–Kier alpha value is -1.06. The number of hydrogen-bond donors (Lipinski definition) is 0. The van der Waals surface area contributed by atoms with Crippen LogP contribution < -0.4 is 0 Å². The van der Waals surface area contributed by atoms with Crippen LogP contribution in [-0.2, 0) is 5.75 Å². The van der Waals surface area contributed by atoms with Crippen molar-refractivity contribution in [1.29, 1.82) is 0 Å². The van der Waals surface area contributed by atoms with Gasteiger partial charge in [-0.2, -0.15) is 0 Å². The van der Waals surface area contributed by atoms with E-state index in [1.165, 1.54) is 22.5 Å². The van der Waals surface area contributed by atoms with Crippen molar-refractivity contribution in [2.75, 3.05) is 5.75 Å². The van der Waals surface area contributed by atoms with Crippen LogP contribution in [0.1, 0.15) is 20.8 Å². The van der Waals surface area contributed by atoms with Crippen LogP contribution >= 0.6 is 23.1 Å². The number of ketones is 1. The van der Waals surface area contributed by atoms with E-state index in [1.807, 2.05) is 29.6 Å². The largest absolute Gasteiger partial charge is 0.292 e. The van der Waals surface area contributed by atoms with Crippen molar-refractivity contribution in [1.82, 2.24) is 0 Å². The average Bonchev–Trinajstić information content (AvgIpc) is 2.85. The van der Waals surface area contributed by atoms with Gasteiger partial charge in [0.25, 0.3) is 0 Å². The zero-order chi connectivity index (χ0) is 12.1. The van der Waals surface area contributed by atoms with E-state index in [1.54, 1.807) is 11.8 Å². The lowest BCUT2D eigenvalue weighted by Gasteiger charge is -2.04. The number of Topliss-reactive ketones (excluding diaryl/α,β-unsaturated/α-hetero) is 1. The summed E-state index contributed by atoms with van der Waals surface area (Å²) in [5, 5.41) is 1.94. The lowest BCUT2D eigenvalue weighted by atomic mass is 10.1. The summed E-state index contributed by atoms with van der Waals surface area (Å²) in [5.41, 5.74) is 2.61. The van der Waals surface area contributed by atoms with Crippen molar-refractivity contribution in [2.45, 2.75) is 12.7 Å². The summed E-state index contributed by atoms with van der Waals surface area (Å²) in [5.74, 6) is 1.71. The molecule has 0 radical (unpaired) electrons. The van der Waals surface area contributed by atoms with Crippen LogP contribution in [0, 0.1) is 6.92 Å². The van der Waals surface area contributed by atoms with E-state index in [-0.39, 0.29) is 5.78 Å². The van der Waals surface area contributed by atoms with Gasteiger partial charge < -0.3 is 0 Å². The Morgan fingerprint density at radius 3 is 2.76 bits per heavy atom. The molecule has 0 spiro atoms. The van der Waals surface area contributed by atoms with Crippen molar-refractivity contribution in [3.8, 4) is 0 Å². The fraction of sp³-hybridized carbons (Fsp3) is 0.214. The summed E-state index contributed by atoms with van der Waals surface area (Å²) in [4.78, 5) is 12.6. The SMILES string of the molecule is Cc1ccccc1CSCC(=O)c1cccs1. The normalized spacial score (nSPS) is 10.4. The van der Waals surface area contributed by atoms with Crippen LogP contribution in [-0.4, -0.2) is 11.5 Å². The predicted octanol–water partition coefficient (Wildman–Crippen LogP) is 4.17. The Balaban J connectivity index is 1.84. The second kappa shape index (κ2) is 6.03. The molecule has 0 atom stereocenters. The Morgan fingerprint density at radius 1 is 1.24 bits per heavy atom. The molecule has 2 aromatic rings. The molecule has 0 amide bonds. The Bertz CT molecular complexity index is 489. The van der Waals surface area contributed by atoms with E-state index in [0.717, 1.165) is 10.6 Å². The zero-order valence-electron chi connectivity index (χ0n) is 9.68. The van der Waals surface area contributed by atoms with Crippen LogP contribution in [0.5, 0.6) is 0 Å². The zero-order valence-corrected chi connectivity index (χ0v) is 11.3. The number of rotatable bonds is 5. The standard InChI is InChI=1S/C14H14OS2/c1-11-5-2-3-6-12(11)9-16-10-13(15)14-7-4-8-17-14/h2-8H,9-10H2,1H3. The summed E-state index contributed by atoms with van der Waals surface area (Å²) >= 11 is 3.20. The summed E-state index contributed by atoms with van der Waals surface area (Å²) in [6, 6.07) is 12.1. The first-order valence-corrected chi connectivity index (χ1v) is 7.50.